The number of benzene rings is 3. The van der Waals surface area contributed by atoms with Gasteiger partial charge in [-0.25, -0.2) is 9.59 Å². The maximum atomic E-state index is 12.2. The van der Waals surface area contributed by atoms with Gasteiger partial charge in [-0.1, -0.05) is 64.8 Å². The van der Waals surface area contributed by atoms with E-state index in [-0.39, 0.29) is 11.9 Å². The SMILES string of the molecule is CCC(C)CCOC(=O)c1ccc(N=Cc2ccc(C=Nc3ccc(C(=O)OCCC(C)CC)cc3)cc2)cc1. The number of hydrogen-bond donors (Lipinski definition) is 0. The van der Waals surface area contributed by atoms with Crippen LogP contribution in [0.3, 0.4) is 0 Å². The topological polar surface area (TPSA) is 77.3 Å². The molecule has 0 aliphatic heterocycles. The molecule has 0 aliphatic rings. The molecule has 3 aromatic carbocycles. The lowest BCUT2D eigenvalue weighted by molar-refractivity contribution is 0.0475. The highest BCUT2D eigenvalue weighted by Gasteiger charge is 2.09. The quantitative estimate of drug-likeness (QED) is 0.152. The number of nitrogens with zero attached hydrogens (tertiary/aromatic N) is 2. The van der Waals surface area contributed by atoms with Crippen LogP contribution in [-0.2, 0) is 9.47 Å². The Balaban J connectivity index is 1.48. The van der Waals surface area contributed by atoms with Crippen LogP contribution >= 0.6 is 0 Å². The number of carbonyl (C=O) groups excluding carboxylic acids is 2. The lowest BCUT2D eigenvalue weighted by atomic mass is 10.1. The summed E-state index contributed by atoms with van der Waals surface area (Å²) in [6.45, 7) is 9.45. The van der Waals surface area contributed by atoms with E-state index >= 15 is 0 Å². The molecule has 0 saturated heterocycles. The summed E-state index contributed by atoms with van der Waals surface area (Å²) in [7, 11) is 0. The van der Waals surface area contributed by atoms with Crippen LogP contribution in [0.5, 0.6) is 0 Å². The number of carbonyl (C=O) groups is 2. The predicted molar refractivity (Wildman–Crippen MR) is 163 cm³/mol. The van der Waals surface area contributed by atoms with Crippen LogP contribution in [-0.4, -0.2) is 37.6 Å². The molecule has 0 spiro atoms. The smallest absolute Gasteiger partial charge is 0.338 e. The fraction of sp³-hybridized carbons (Fsp3) is 0.353. The van der Waals surface area contributed by atoms with Gasteiger partial charge in [-0.05, 0) is 84.3 Å². The second-order valence-corrected chi connectivity index (χ2v) is 10.2. The zero-order valence-electron chi connectivity index (χ0n) is 24.0. The molecular formula is C34H40N2O4. The van der Waals surface area contributed by atoms with Crippen LogP contribution in [0.25, 0.3) is 0 Å². The van der Waals surface area contributed by atoms with Gasteiger partial charge in [0, 0.05) is 12.4 Å². The van der Waals surface area contributed by atoms with Gasteiger partial charge in [-0.15, -0.1) is 0 Å². The lowest BCUT2D eigenvalue weighted by Crippen LogP contribution is -2.08. The van der Waals surface area contributed by atoms with Gasteiger partial charge in [0.05, 0.1) is 35.7 Å². The number of esters is 2. The fourth-order valence-corrected chi connectivity index (χ4v) is 3.61. The Kier molecular flexibility index (Phi) is 12.3. The molecule has 0 fully saturated rings. The van der Waals surface area contributed by atoms with Gasteiger partial charge < -0.3 is 9.47 Å². The molecule has 6 heteroatoms. The van der Waals surface area contributed by atoms with Crippen LogP contribution in [0.2, 0.25) is 0 Å². The Morgan fingerprint density at radius 2 is 0.975 bits per heavy atom. The van der Waals surface area contributed by atoms with Gasteiger partial charge in [0.25, 0.3) is 0 Å². The van der Waals surface area contributed by atoms with E-state index in [4.69, 9.17) is 9.47 Å². The summed E-state index contributed by atoms with van der Waals surface area (Å²) < 4.78 is 10.7. The lowest BCUT2D eigenvalue weighted by Gasteiger charge is -2.09. The van der Waals surface area contributed by atoms with E-state index in [1.165, 1.54) is 0 Å². The first-order chi connectivity index (χ1) is 19.4. The minimum Gasteiger partial charge on any atom is -0.462 e. The van der Waals surface area contributed by atoms with Crippen LogP contribution in [0.4, 0.5) is 11.4 Å². The molecule has 0 N–H and O–H groups in total. The summed E-state index contributed by atoms with van der Waals surface area (Å²) in [5.41, 5.74) is 4.45. The molecule has 6 nitrogen and oxygen atoms in total. The standard InChI is InChI=1S/C34H40N2O4/c1-5-25(3)19-21-39-33(37)29-11-15-31(16-12-29)35-23-27-7-9-28(10-8-27)24-36-32-17-13-30(14-18-32)34(38)40-22-20-26(4)6-2/h7-18,23-26H,5-6,19-22H2,1-4H3. The summed E-state index contributed by atoms with van der Waals surface area (Å²) in [6.07, 6.45) is 7.46. The van der Waals surface area contributed by atoms with Crippen LogP contribution < -0.4 is 0 Å². The number of aliphatic imine (C=N–C) groups is 2. The molecule has 2 unspecified atom stereocenters. The zero-order valence-corrected chi connectivity index (χ0v) is 24.0. The van der Waals surface area contributed by atoms with E-state index in [9.17, 15) is 9.59 Å². The first kappa shape index (κ1) is 30.5. The van der Waals surface area contributed by atoms with Crippen molar-refractivity contribution < 1.29 is 19.1 Å². The van der Waals surface area contributed by atoms with Crippen molar-refractivity contribution in [1.29, 1.82) is 0 Å². The van der Waals surface area contributed by atoms with Crippen molar-refractivity contribution in [2.45, 2.75) is 53.4 Å². The Morgan fingerprint density at radius 1 is 0.625 bits per heavy atom. The van der Waals surface area contributed by atoms with Crippen molar-refractivity contribution in [2.24, 2.45) is 21.8 Å². The van der Waals surface area contributed by atoms with Gasteiger partial charge >= 0.3 is 11.9 Å². The largest absolute Gasteiger partial charge is 0.462 e. The Hall–Kier alpha value is -4.06. The fourth-order valence-electron chi connectivity index (χ4n) is 3.61. The van der Waals surface area contributed by atoms with Crippen LogP contribution in [0.1, 0.15) is 85.2 Å². The average Bonchev–Trinajstić information content (AvgIpc) is 2.99. The van der Waals surface area contributed by atoms with Crippen LogP contribution in [0.15, 0.2) is 82.8 Å². The molecule has 0 aliphatic carbocycles. The van der Waals surface area contributed by atoms with Crippen molar-refractivity contribution in [3.63, 3.8) is 0 Å². The minimum absolute atomic E-state index is 0.304. The third-order valence-electron chi connectivity index (χ3n) is 6.95. The molecule has 2 atom stereocenters. The Morgan fingerprint density at radius 3 is 1.30 bits per heavy atom. The van der Waals surface area contributed by atoms with E-state index in [2.05, 4.69) is 37.7 Å². The van der Waals surface area contributed by atoms with E-state index in [1.807, 2.05) is 24.3 Å². The first-order valence-corrected chi connectivity index (χ1v) is 14.1. The molecule has 3 aromatic rings. The molecule has 3 rings (SSSR count). The van der Waals surface area contributed by atoms with E-state index in [1.54, 1.807) is 61.0 Å². The highest BCUT2D eigenvalue weighted by Crippen LogP contribution is 2.17. The molecule has 0 saturated carbocycles. The summed E-state index contributed by atoms with van der Waals surface area (Å²) in [5.74, 6) is 0.487. The monoisotopic (exact) mass is 540 g/mol. The van der Waals surface area contributed by atoms with Gasteiger partial charge in [-0.2, -0.15) is 0 Å². The van der Waals surface area contributed by atoms with Gasteiger partial charge in [-0.3, -0.25) is 9.98 Å². The molecular weight excluding hydrogens is 500 g/mol. The Labute approximate surface area is 238 Å². The van der Waals surface area contributed by atoms with E-state index in [0.717, 1.165) is 48.2 Å². The molecule has 40 heavy (non-hydrogen) atoms. The molecule has 210 valence electrons. The van der Waals surface area contributed by atoms with E-state index in [0.29, 0.717) is 36.2 Å². The predicted octanol–water partition coefficient (Wildman–Crippen LogP) is 8.37. The summed E-state index contributed by atoms with van der Waals surface area (Å²) in [5, 5.41) is 0. The molecule has 0 radical (unpaired) electrons. The van der Waals surface area contributed by atoms with Crippen molar-refractivity contribution in [3.05, 3.63) is 95.1 Å². The van der Waals surface area contributed by atoms with Gasteiger partial charge in [0.2, 0.25) is 0 Å². The number of rotatable bonds is 14. The summed E-state index contributed by atoms with van der Waals surface area (Å²) in [6, 6.07) is 22.0. The molecule has 0 bridgehead atoms. The summed E-state index contributed by atoms with van der Waals surface area (Å²) in [4.78, 5) is 33.4. The van der Waals surface area contributed by atoms with Crippen molar-refractivity contribution in [3.8, 4) is 0 Å². The summed E-state index contributed by atoms with van der Waals surface area (Å²) >= 11 is 0. The van der Waals surface area contributed by atoms with Gasteiger partial charge in [0.15, 0.2) is 0 Å². The molecule has 0 heterocycles. The Bertz CT molecular complexity index is 1160. The second-order valence-electron chi connectivity index (χ2n) is 10.2. The minimum atomic E-state index is -0.304. The second kappa shape index (κ2) is 16.1. The maximum absolute atomic E-state index is 12.2. The van der Waals surface area contributed by atoms with Gasteiger partial charge in [0.1, 0.15) is 0 Å². The van der Waals surface area contributed by atoms with Crippen molar-refractivity contribution >= 4 is 35.7 Å². The third-order valence-corrected chi connectivity index (χ3v) is 6.95. The van der Waals surface area contributed by atoms with Crippen molar-refractivity contribution in [1.82, 2.24) is 0 Å². The average molecular weight is 541 g/mol. The third kappa shape index (κ3) is 10.3. The van der Waals surface area contributed by atoms with Crippen molar-refractivity contribution in [2.75, 3.05) is 13.2 Å². The number of ether oxygens (including phenoxy) is 2. The highest BCUT2D eigenvalue weighted by atomic mass is 16.5. The normalized spacial score (nSPS) is 12.9. The molecule has 0 amide bonds. The van der Waals surface area contributed by atoms with E-state index < -0.39 is 0 Å². The zero-order chi connectivity index (χ0) is 28.7. The number of hydrogen-bond acceptors (Lipinski definition) is 6. The van der Waals surface area contributed by atoms with Crippen LogP contribution in [0, 0.1) is 11.8 Å². The maximum Gasteiger partial charge on any atom is 0.338 e. The first-order valence-electron chi connectivity index (χ1n) is 14.1. The highest BCUT2D eigenvalue weighted by molar-refractivity contribution is 5.91. The molecule has 0 aromatic heterocycles.